The van der Waals surface area contributed by atoms with E-state index in [2.05, 4.69) is 55.0 Å². The Bertz CT molecular complexity index is 843. The third kappa shape index (κ3) is 6.57. The normalized spacial score (nSPS) is 18.8. The van der Waals surface area contributed by atoms with E-state index in [0.29, 0.717) is 16.5 Å². The minimum atomic E-state index is 0.106. The Balaban J connectivity index is 1.58. The first-order valence-corrected chi connectivity index (χ1v) is 12.2. The highest BCUT2D eigenvalue weighted by Gasteiger charge is 2.31. The zero-order valence-electron chi connectivity index (χ0n) is 19.6. The van der Waals surface area contributed by atoms with Crippen molar-refractivity contribution in [3.05, 3.63) is 70.2 Å². The molecule has 2 aromatic rings. The number of hydrogen-bond acceptors (Lipinski definition) is 3. The van der Waals surface area contributed by atoms with Crippen LogP contribution in [0, 0.1) is 0 Å². The summed E-state index contributed by atoms with van der Waals surface area (Å²) in [6.45, 7) is 6.27. The van der Waals surface area contributed by atoms with Crippen LogP contribution in [0.2, 0.25) is 5.02 Å². The number of aliphatic hydroxyl groups excluding tert-OH is 1. The van der Waals surface area contributed by atoms with Gasteiger partial charge in [-0.25, -0.2) is 0 Å². The monoisotopic (exact) mass is 456 g/mol. The molecule has 0 bridgehead atoms. The van der Waals surface area contributed by atoms with Crippen LogP contribution in [-0.4, -0.2) is 53.1 Å². The number of carbonyl (C=O) groups is 1. The molecule has 0 aliphatic heterocycles. The minimum Gasteiger partial charge on any atom is -0.396 e. The molecule has 0 radical (unpaired) electrons. The molecule has 0 spiro atoms. The van der Waals surface area contributed by atoms with Crippen molar-refractivity contribution in [3.63, 3.8) is 0 Å². The molecule has 0 aromatic heterocycles. The lowest BCUT2D eigenvalue weighted by Gasteiger charge is -2.39. The summed E-state index contributed by atoms with van der Waals surface area (Å²) >= 11 is 6.00. The van der Waals surface area contributed by atoms with Crippen molar-refractivity contribution in [1.82, 2.24) is 9.80 Å². The second-order valence-electron chi connectivity index (χ2n) is 9.38. The minimum absolute atomic E-state index is 0.106. The average molecular weight is 457 g/mol. The van der Waals surface area contributed by atoms with Crippen LogP contribution in [0.15, 0.2) is 48.5 Å². The number of aliphatic hydroxyl groups is 1. The second-order valence-corrected chi connectivity index (χ2v) is 9.81. The van der Waals surface area contributed by atoms with Gasteiger partial charge in [0, 0.05) is 42.4 Å². The molecule has 0 heterocycles. The van der Waals surface area contributed by atoms with Gasteiger partial charge in [-0.1, -0.05) is 35.9 Å². The summed E-state index contributed by atoms with van der Waals surface area (Å²) in [5, 5.41) is 9.64. The SMILES string of the molecule is CC(C)N(C(=O)c1ccc(Cl)cc1)C1CCC(c2ccc(CN(C)CCCO)cc2)CC1. The van der Waals surface area contributed by atoms with Gasteiger partial charge in [-0.2, -0.15) is 0 Å². The maximum Gasteiger partial charge on any atom is 0.254 e. The lowest BCUT2D eigenvalue weighted by Crippen LogP contribution is -2.46. The van der Waals surface area contributed by atoms with E-state index in [1.807, 2.05) is 12.1 Å². The van der Waals surface area contributed by atoms with E-state index in [1.54, 1.807) is 12.1 Å². The van der Waals surface area contributed by atoms with Gasteiger partial charge in [-0.3, -0.25) is 4.79 Å². The van der Waals surface area contributed by atoms with Gasteiger partial charge in [0.1, 0.15) is 0 Å². The molecule has 4 nitrogen and oxygen atoms in total. The lowest BCUT2D eigenvalue weighted by molar-refractivity contribution is 0.0545. The number of rotatable bonds is 9. The number of nitrogens with zero attached hydrogens (tertiary/aromatic N) is 2. The standard InChI is InChI=1S/C27H37ClN2O2/c1-20(2)30(27(32)24-9-13-25(28)14-10-24)26-15-11-23(12-16-26)22-7-5-21(6-8-22)19-29(3)17-4-18-31/h5-10,13-14,20,23,26,31H,4,11-12,15-19H2,1-3H3. The van der Waals surface area contributed by atoms with E-state index in [1.165, 1.54) is 11.1 Å². The summed E-state index contributed by atoms with van der Waals surface area (Å²) in [6, 6.07) is 16.7. The zero-order valence-corrected chi connectivity index (χ0v) is 20.4. The van der Waals surface area contributed by atoms with Crippen molar-refractivity contribution in [2.75, 3.05) is 20.2 Å². The van der Waals surface area contributed by atoms with Crippen molar-refractivity contribution in [3.8, 4) is 0 Å². The van der Waals surface area contributed by atoms with Gasteiger partial charge >= 0.3 is 0 Å². The molecule has 1 fully saturated rings. The maximum absolute atomic E-state index is 13.2. The average Bonchev–Trinajstić information content (AvgIpc) is 2.79. The van der Waals surface area contributed by atoms with Crippen molar-refractivity contribution >= 4 is 17.5 Å². The quantitative estimate of drug-likeness (QED) is 0.523. The Kier molecular flexibility index (Phi) is 9.15. The fourth-order valence-corrected chi connectivity index (χ4v) is 5.00. The van der Waals surface area contributed by atoms with Crippen LogP contribution in [0.5, 0.6) is 0 Å². The second kappa shape index (κ2) is 11.8. The zero-order chi connectivity index (χ0) is 23.1. The van der Waals surface area contributed by atoms with Gasteiger partial charge in [0.25, 0.3) is 5.91 Å². The van der Waals surface area contributed by atoms with Gasteiger partial charge in [0.15, 0.2) is 0 Å². The number of hydrogen-bond donors (Lipinski definition) is 1. The summed E-state index contributed by atoms with van der Waals surface area (Å²) in [7, 11) is 2.09. The van der Waals surface area contributed by atoms with Crippen LogP contribution in [0.1, 0.15) is 73.4 Å². The van der Waals surface area contributed by atoms with Crippen LogP contribution >= 0.6 is 11.6 Å². The van der Waals surface area contributed by atoms with E-state index in [4.69, 9.17) is 16.7 Å². The molecule has 1 N–H and O–H groups in total. The number of benzene rings is 2. The van der Waals surface area contributed by atoms with E-state index in [9.17, 15) is 4.79 Å². The van der Waals surface area contributed by atoms with Crippen molar-refractivity contribution in [2.24, 2.45) is 0 Å². The Morgan fingerprint density at radius 2 is 1.66 bits per heavy atom. The van der Waals surface area contributed by atoms with Crippen molar-refractivity contribution in [2.45, 2.75) is 70.5 Å². The largest absolute Gasteiger partial charge is 0.396 e. The molecule has 0 atom stereocenters. The molecular formula is C27H37ClN2O2. The molecule has 0 unspecified atom stereocenters. The molecule has 1 aliphatic rings. The summed E-state index contributed by atoms with van der Waals surface area (Å²) in [5.74, 6) is 0.668. The van der Waals surface area contributed by atoms with E-state index < -0.39 is 0 Å². The first-order valence-electron chi connectivity index (χ1n) is 11.9. The van der Waals surface area contributed by atoms with E-state index >= 15 is 0 Å². The third-order valence-corrected chi connectivity index (χ3v) is 6.83. The number of carbonyl (C=O) groups excluding carboxylic acids is 1. The van der Waals surface area contributed by atoms with Crippen LogP contribution in [0.4, 0.5) is 0 Å². The summed E-state index contributed by atoms with van der Waals surface area (Å²) in [6.07, 6.45) is 5.10. The Labute approximate surface area is 198 Å². The van der Waals surface area contributed by atoms with Gasteiger partial charge in [-0.15, -0.1) is 0 Å². The topological polar surface area (TPSA) is 43.8 Å². The maximum atomic E-state index is 13.2. The first kappa shape index (κ1) is 24.8. The Hall–Kier alpha value is -1.88. The molecular weight excluding hydrogens is 420 g/mol. The number of halogens is 1. The molecule has 32 heavy (non-hydrogen) atoms. The fourth-order valence-electron chi connectivity index (χ4n) is 4.88. The molecule has 3 rings (SSSR count). The molecule has 5 heteroatoms. The van der Waals surface area contributed by atoms with Crippen LogP contribution in [0.3, 0.4) is 0 Å². The predicted octanol–water partition coefficient (Wildman–Crippen LogP) is 5.73. The van der Waals surface area contributed by atoms with Crippen LogP contribution in [-0.2, 0) is 6.54 Å². The molecule has 2 aromatic carbocycles. The lowest BCUT2D eigenvalue weighted by atomic mass is 9.80. The van der Waals surface area contributed by atoms with Crippen molar-refractivity contribution in [1.29, 1.82) is 0 Å². The third-order valence-electron chi connectivity index (χ3n) is 6.57. The van der Waals surface area contributed by atoms with E-state index in [0.717, 1.165) is 45.2 Å². The Morgan fingerprint density at radius 1 is 1.03 bits per heavy atom. The highest BCUT2D eigenvalue weighted by Crippen LogP contribution is 2.36. The molecule has 174 valence electrons. The van der Waals surface area contributed by atoms with Crippen LogP contribution < -0.4 is 0 Å². The molecule has 1 amide bonds. The summed E-state index contributed by atoms with van der Waals surface area (Å²) in [5.41, 5.74) is 3.43. The first-order chi connectivity index (χ1) is 15.4. The number of amides is 1. The Morgan fingerprint density at radius 3 is 2.22 bits per heavy atom. The molecule has 1 aliphatic carbocycles. The predicted molar refractivity (Wildman–Crippen MR) is 132 cm³/mol. The van der Waals surface area contributed by atoms with Gasteiger partial charge in [0.05, 0.1) is 0 Å². The summed E-state index contributed by atoms with van der Waals surface area (Å²) in [4.78, 5) is 17.5. The van der Waals surface area contributed by atoms with E-state index in [-0.39, 0.29) is 24.6 Å². The van der Waals surface area contributed by atoms with Crippen molar-refractivity contribution < 1.29 is 9.90 Å². The van der Waals surface area contributed by atoms with Gasteiger partial charge < -0.3 is 14.9 Å². The highest BCUT2D eigenvalue weighted by molar-refractivity contribution is 6.30. The summed E-state index contributed by atoms with van der Waals surface area (Å²) < 4.78 is 0. The van der Waals surface area contributed by atoms with Gasteiger partial charge in [0.2, 0.25) is 0 Å². The smallest absolute Gasteiger partial charge is 0.254 e. The van der Waals surface area contributed by atoms with Gasteiger partial charge in [-0.05, 0) is 94.3 Å². The van der Waals surface area contributed by atoms with Crippen LogP contribution in [0.25, 0.3) is 0 Å². The highest BCUT2D eigenvalue weighted by atomic mass is 35.5. The fraction of sp³-hybridized carbons (Fsp3) is 0.519. The molecule has 1 saturated carbocycles. The molecule has 0 saturated heterocycles.